The van der Waals surface area contributed by atoms with Crippen molar-refractivity contribution < 1.29 is 45.0 Å². The molecule has 21 heavy (non-hydrogen) atoms. The number of aliphatic hydroxyl groups is 4. The molecule has 1 rings (SSSR count). The summed E-state index contributed by atoms with van der Waals surface area (Å²) in [5.41, 5.74) is 0. The number of hydrogen-bond donors (Lipinski definition) is 7. The number of carboxylic acids is 2. The molecule has 1 saturated heterocycles. The predicted molar refractivity (Wildman–Crippen MR) is 65.2 cm³/mol. The van der Waals surface area contributed by atoms with Crippen molar-refractivity contribution in [1.29, 1.82) is 0 Å². The third kappa shape index (κ3) is 4.59. The smallest absolute Gasteiger partial charge is 0.320 e. The maximum Gasteiger partial charge on any atom is 0.320 e. The summed E-state index contributed by atoms with van der Waals surface area (Å²) < 4.78 is 5.09. The average molecular weight is 309 g/mol. The van der Waals surface area contributed by atoms with Crippen LogP contribution in [0.25, 0.3) is 0 Å². The minimum atomic E-state index is -1.64. The van der Waals surface area contributed by atoms with Gasteiger partial charge in [0.2, 0.25) is 0 Å². The van der Waals surface area contributed by atoms with Gasteiger partial charge >= 0.3 is 11.9 Å². The highest BCUT2D eigenvalue weighted by Crippen LogP contribution is 2.20. The minimum absolute atomic E-state index is 0.264. The molecule has 7 N–H and O–H groups in total. The number of aliphatic carboxylic acids is 2. The van der Waals surface area contributed by atoms with Crippen LogP contribution in [0.4, 0.5) is 0 Å². The van der Waals surface area contributed by atoms with Crippen molar-refractivity contribution in [2.24, 2.45) is 0 Å². The zero-order valence-corrected chi connectivity index (χ0v) is 11.0. The van der Waals surface area contributed by atoms with E-state index in [1.54, 1.807) is 0 Å². The Morgan fingerprint density at radius 1 is 1.10 bits per heavy atom. The summed E-state index contributed by atoms with van der Waals surface area (Å²) in [5, 5.41) is 57.8. The Balaban J connectivity index is 2.72. The Hall–Kier alpha value is -1.30. The molecular weight excluding hydrogens is 290 g/mol. The Labute approximate surface area is 119 Å². The highest BCUT2D eigenvalue weighted by Gasteiger charge is 2.44. The first-order valence-corrected chi connectivity index (χ1v) is 6.29. The summed E-state index contributed by atoms with van der Waals surface area (Å²) in [5.74, 6) is -2.54. The van der Waals surface area contributed by atoms with Crippen molar-refractivity contribution in [2.45, 2.75) is 49.5 Å². The Morgan fingerprint density at radius 2 is 1.71 bits per heavy atom. The summed E-state index contributed by atoms with van der Waals surface area (Å²) in [6.45, 7) is -0.643. The summed E-state index contributed by atoms with van der Waals surface area (Å²) in [6, 6.07) is -1.33. The number of nitrogens with one attached hydrogen (secondary N) is 1. The molecule has 1 fully saturated rings. The predicted octanol–water partition coefficient (Wildman–Crippen LogP) is -3.31. The largest absolute Gasteiger partial charge is 0.481 e. The van der Waals surface area contributed by atoms with E-state index in [1.165, 1.54) is 0 Å². The van der Waals surface area contributed by atoms with Crippen LogP contribution in [0, 0.1) is 0 Å². The summed E-state index contributed by atoms with van der Waals surface area (Å²) >= 11 is 0. The lowest BCUT2D eigenvalue weighted by molar-refractivity contribution is -0.238. The zero-order chi connectivity index (χ0) is 16.2. The van der Waals surface area contributed by atoms with Gasteiger partial charge in [-0.1, -0.05) is 0 Å². The van der Waals surface area contributed by atoms with Crippen LogP contribution in [0.3, 0.4) is 0 Å². The average Bonchev–Trinajstić information content (AvgIpc) is 2.42. The Kier molecular flexibility index (Phi) is 6.45. The third-order valence-corrected chi connectivity index (χ3v) is 3.20. The van der Waals surface area contributed by atoms with Gasteiger partial charge in [0.25, 0.3) is 0 Å². The highest BCUT2D eigenvalue weighted by atomic mass is 16.6. The first kappa shape index (κ1) is 17.8. The van der Waals surface area contributed by atoms with Crippen LogP contribution in [0.2, 0.25) is 0 Å². The quantitative estimate of drug-likeness (QED) is 0.252. The Morgan fingerprint density at radius 3 is 2.19 bits per heavy atom. The van der Waals surface area contributed by atoms with E-state index in [1.807, 2.05) is 0 Å². The van der Waals surface area contributed by atoms with Crippen molar-refractivity contribution in [3.05, 3.63) is 0 Å². The van der Waals surface area contributed by atoms with Crippen molar-refractivity contribution in [3.8, 4) is 0 Å². The van der Waals surface area contributed by atoms with Crippen molar-refractivity contribution in [1.82, 2.24) is 5.32 Å². The highest BCUT2D eigenvalue weighted by molar-refractivity contribution is 5.75. The fourth-order valence-electron chi connectivity index (χ4n) is 1.98. The molecule has 10 heteroatoms. The van der Waals surface area contributed by atoms with E-state index in [2.05, 4.69) is 5.32 Å². The number of hydrogen-bond acceptors (Lipinski definition) is 8. The van der Waals surface area contributed by atoms with E-state index in [0.717, 1.165) is 0 Å². The summed E-state index contributed by atoms with van der Waals surface area (Å²) in [7, 11) is 0. The lowest BCUT2D eigenvalue weighted by atomic mass is 9.97. The molecule has 122 valence electrons. The minimum Gasteiger partial charge on any atom is -0.481 e. The van der Waals surface area contributed by atoms with Gasteiger partial charge in [-0.15, -0.1) is 0 Å². The number of ether oxygens (including phenoxy) is 1. The van der Waals surface area contributed by atoms with Gasteiger partial charge in [0.15, 0.2) is 0 Å². The van der Waals surface area contributed by atoms with Crippen LogP contribution >= 0.6 is 0 Å². The molecule has 0 bridgehead atoms. The molecule has 0 amide bonds. The fourth-order valence-corrected chi connectivity index (χ4v) is 1.98. The standard InChI is InChI=1S/C11H19NO9/c13-3-5-7(16)8(17)9(18)10(21-5)12-4(11(19)20)1-2-6(14)15/h4-5,7-10,12-13,16-18H,1-3H2,(H,14,15)(H,19,20)/t4?,5-,7-,8+,9-,10?/m1/s1. The second kappa shape index (κ2) is 7.64. The van der Waals surface area contributed by atoms with E-state index < -0.39 is 61.7 Å². The van der Waals surface area contributed by atoms with Gasteiger partial charge in [-0.2, -0.15) is 0 Å². The van der Waals surface area contributed by atoms with Crippen LogP contribution < -0.4 is 5.32 Å². The molecule has 1 aliphatic heterocycles. The van der Waals surface area contributed by atoms with Crippen LogP contribution in [0.1, 0.15) is 12.8 Å². The van der Waals surface area contributed by atoms with Crippen LogP contribution in [-0.2, 0) is 14.3 Å². The van der Waals surface area contributed by atoms with Gasteiger partial charge in [-0.25, -0.2) is 0 Å². The van der Waals surface area contributed by atoms with Crippen molar-refractivity contribution >= 4 is 11.9 Å². The fraction of sp³-hybridized carbons (Fsp3) is 0.818. The second-order valence-electron chi connectivity index (χ2n) is 4.74. The summed E-state index contributed by atoms with van der Waals surface area (Å²) in [6.07, 6.45) is -8.03. The van der Waals surface area contributed by atoms with Crippen LogP contribution in [0.15, 0.2) is 0 Å². The SMILES string of the molecule is O=C(O)CCC(NC1O[C@H](CO)[C@@H](O)[C@H](O)[C@H]1O)C(=O)O. The lowest BCUT2D eigenvalue weighted by Crippen LogP contribution is -2.64. The molecule has 0 aromatic heterocycles. The number of carbonyl (C=O) groups is 2. The van der Waals surface area contributed by atoms with Gasteiger partial charge in [-0.3, -0.25) is 14.9 Å². The maximum absolute atomic E-state index is 11.0. The molecule has 0 aliphatic carbocycles. The van der Waals surface area contributed by atoms with E-state index >= 15 is 0 Å². The number of rotatable bonds is 7. The lowest BCUT2D eigenvalue weighted by Gasteiger charge is -2.41. The van der Waals surface area contributed by atoms with Crippen molar-refractivity contribution in [3.63, 3.8) is 0 Å². The second-order valence-corrected chi connectivity index (χ2v) is 4.74. The van der Waals surface area contributed by atoms with Gasteiger partial charge in [0.05, 0.1) is 6.61 Å². The van der Waals surface area contributed by atoms with Gasteiger partial charge < -0.3 is 35.4 Å². The zero-order valence-electron chi connectivity index (χ0n) is 11.0. The van der Waals surface area contributed by atoms with Gasteiger partial charge in [-0.05, 0) is 6.42 Å². The molecule has 1 heterocycles. The monoisotopic (exact) mass is 309 g/mol. The first-order chi connectivity index (χ1) is 9.77. The number of carboxylic acid groups (broad SMARTS) is 2. The van der Waals surface area contributed by atoms with E-state index in [4.69, 9.17) is 20.1 Å². The van der Waals surface area contributed by atoms with E-state index in [0.29, 0.717) is 0 Å². The number of aliphatic hydroxyl groups excluding tert-OH is 4. The molecule has 1 aliphatic rings. The Bertz CT molecular complexity index is 375. The molecule has 0 aromatic carbocycles. The van der Waals surface area contributed by atoms with Crippen molar-refractivity contribution in [2.75, 3.05) is 6.61 Å². The molecular formula is C11H19NO9. The maximum atomic E-state index is 11.0. The topological polar surface area (TPSA) is 177 Å². The molecule has 6 atom stereocenters. The molecule has 0 saturated carbocycles. The molecule has 2 unspecified atom stereocenters. The first-order valence-electron chi connectivity index (χ1n) is 6.29. The summed E-state index contributed by atoms with van der Waals surface area (Å²) in [4.78, 5) is 21.5. The molecule has 10 nitrogen and oxygen atoms in total. The van der Waals surface area contributed by atoms with E-state index in [-0.39, 0.29) is 6.42 Å². The normalized spacial score (nSPS) is 34.4. The van der Waals surface area contributed by atoms with Gasteiger partial charge in [0, 0.05) is 6.42 Å². The van der Waals surface area contributed by atoms with Gasteiger partial charge in [0.1, 0.15) is 36.7 Å². The molecule has 0 spiro atoms. The molecule has 0 radical (unpaired) electrons. The van der Waals surface area contributed by atoms with Crippen LogP contribution in [-0.4, -0.2) is 85.9 Å². The molecule has 0 aromatic rings. The van der Waals surface area contributed by atoms with Crippen LogP contribution in [0.5, 0.6) is 0 Å². The van der Waals surface area contributed by atoms with E-state index in [9.17, 15) is 24.9 Å². The third-order valence-electron chi connectivity index (χ3n) is 3.20.